The molecule has 0 rings (SSSR count). The first kappa shape index (κ1) is 63.5. The van der Waals surface area contributed by atoms with E-state index in [-0.39, 0.29) is 31.6 Å². The van der Waals surface area contributed by atoms with Crippen LogP contribution >= 0.6 is 0 Å². The van der Waals surface area contributed by atoms with Crippen LogP contribution in [0.25, 0.3) is 0 Å². The summed E-state index contributed by atoms with van der Waals surface area (Å²) in [7, 11) is 0. The Balaban J connectivity index is 4.53. The van der Waals surface area contributed by atoms with E-state index in [0.717, 1.165) is 96.3 Å². The van der Waals surface area contributed by atoms with Gasteiger partial charge in [0.2, 0.25) is 0 Å². The maximum absolute atomic E-state index is 12.8. The van der Waals surface area contributed by atoms with Gasteiger partial charge in [-0.3, -0.25) is 14.4 Å². The summed E-state index contributed by atoms with van der Waals surface area (Å²) in [4.78, 5) is 38.1. The molecule has 0 aliphatic carbocycles. The molecule has 0 fully saturated rings. The molecule has 68 heavy (non-hydrogen) atoms. The van der Waals surface area contributed by atoms with Crippen molar-refractivity contribution >= 4 is 17.9 Å². The van der Waals surface area contributed by atoms with Gasteiger partial charge in [0.15, 0.2) is 6.10 Å². The normalized spacial score (nSPS) is 13.2. The molecule has 0 N–H and O–H groups in total. The van der Waals surface area contributed by atoms with E-state index in [2.05, 4.69) is 118 Å². The first-order valence-corrected chi connectivity index (χ1v) is 27.3. The Hall–Kier alpha value is -4.45. The van der Waals surface area contributed by atoms with Crippen molar-refractivity contribution in [3.8, 4) is 0 Å². The lowest BCUT2D eigenvalue weighted by Crippen LogP contribution is -2.30. The van der Waals surface area contributed by atoms with Gasteiger partial charge in [0, 0.05) is 19.3 Å². The van der Waals surface area contributed by atoms with Crippen molar-refractivity contribution in [3.63, 3.8) is 0 Å². The summed E-state index contributed by atoms with van der Waals surface area (Å²) in [6.45, 7) is 6.26. The number of ether oxygens (including phenoxy) is 3. The highest BCUT2D eigenvalue weighted by Gasteiger charge is 2.19. The maximum Gasteiger partial charge on any atom is 0.306 e. The molecule has 6 heteroatoms. The van der Waals surface area contributed by atoms with Gasteiger partial charge in [-0.15, -0.1) is 0 Å². The van der Waals surface area contributed by atoms with Crippen LogP contribution in [-0.2, 0) is 28.6 Å². The predicted octanol–water partition coefficient (Wildman–Crippen LogP) is 18.3. The first-order chi connectivity index (χ1) is 33.5. The second-order valence-corrected chi connectivity index (χ2v) is 17.5. The molecule has 6 nitrogen and oxygen atoms in total. The fourth-order valence-electron chi connectivity index (χ4n) is 6.96. The Kier molecular flexibility index (Phi) is 51.5. The Morgan fingerprint density at radius 1 is 0.324 bits per heavy atom. The van der Waals surface area contributed by atoms with Gasteiger partial charge in [-0.05, 0) is 96.3 Å². The fraction of sp³-hybridized carbons (Fsp3) is 0.597. The SMILES string of the molecule is CC\C=C/C=C\C=C/C=C\CCCCCCCC(=O)OCC(COC(=O)CCCCCCCCCCCC/C=C\C=C/CCCCC)OC(=O)CC/C=C\C/C=C\C/C=C\C/C=C\C/C=C\CC. The van der Waals surface area contributed by atoms with Crippen LogP contribution < -0.4 is 0 Å². The van der Waals surface area contributed by atoms with Gasteiger partial charge in [0.25, 0.3) is 0 Å². The number of allylic oxidation sites excluding steroid dienone is 22. The summed E-state index contributed by atoms with van der Waals surface area (Å²) in [6, 6.07) is 0. The molecule has 0 aliphatic heterocycles. The van der Waals surface area contributed by atoms with Crippen LogP contribution in [0.3, 0.4) is 0 Å². The van der Waals surface area contributed by atoms with Crippen molar-refractivity contribution in [3.05, 3.63) is 134 Å². The summed E-state index contributed by atoms with van der Waals surface area (Å²) in [5.41, 5.74) is 0. The summed E-state index contributed by atoms with van der Waals surface area (Å²) >= 11 is 0. The van der Waals surface area contributed by atoms with E-state index in [9.17, 15) is 14.4 Å². The molecule has 0 saturated carbocycles. The molecular weight excluding hydrogens is 841 g/mol. The van der Waals surface area contributed by atoms with Gasteiger partial charge in [-0.2, -0.15) is 0 Å². The number of esters is 3. The summed E-state index contributed by atoms with van der Waals surface area (Å²) in [5.74, 6) is -1.04. The van der Waals surface area contributed by atoms with Crippen molar-refractivity contribution in [2.24, 2.45) is 0 Å². The molecular formula is C62H98O6. The lowest BCUT2D eigenvalue weighted by atomic mass is 10.1. The zero-order chi connectivity index (χ0) is 49.3. The number of carbonyl (C=O) groups excluding carboxylic acids is 3. The zero-order valence-electron chi connectivity index (χ0n) is 43.6. The van der Waals surface area contributed by atoms with Crippen LogP contribution in [-0.4, -0.2) is 37.2 Å². The monoisotopic (exact) mass is 939 g/mol. The quantitative estimate of drug-likeness (QED) is 0.0199. The van der Waals surface area contributed by atoms with E-state index in [1.54, 1.807) is 0 Å². The number of hydrogen-bond donors (Lipinski definition) is 0. The average molecular weight is 939 g/mol. The molecule has 1 atom stereocenters. The van der Waals surface area contributed by atoms with Crippen LogP contribution in [0, 0.1) is 0 Å². The first-order valence-electron chi connectivity index (χ1n) is 27.3. The number of carbonyl (C=O) groups is 3. The molecule has 0 spiro atoms. The van der Waals surface area contributed by atoms with Gasteiger partial charge in [-0.25, -0.2) is 0 Å². The van der Waals surface area contributed by atoms with Gasteiger partial charge < -0.3 is 14.2 Å². The van der Waals surface area contributed by atoms with Gasteiger partial charge in [0.05, 0.1) is 0 Å². The van der Waals surface area contributed by atoms with Crippen LogP contribution in [0.15, 0.2) is 134 Å². The lowest BCUT2D eigenvalue weighted by molar-refractivity contribution is -0.166. The Bertz CT molecular complexity index is 1500. The second-order valence-electron chi connectivity index (χ2n) is 17.5. The number of hydrogen-bond acceptors (Lipinski definition) is 6. The van der Waals surface area contributed by atoms with Crippen molar-refractivity contribution in [2.45, 2.75) is 226 Å². The van der Waals surface area contributed by atoms with Crippen molar-refractivity contribution < 1.29 is 28.6 Å². The van der Waals surface area contributed by atoms with E-state index >= 15 is 0 Å². The van der Waals surface area contributed by atoms with Crippen molar-refractivity contribution in [1.29, 1.82) is 0 Å². The molecule has 0 aromatic rings. The molecule has 0 aliphatic rings. The van der Waals surface area contributed by atoms with Crippen LogP contribution in [0.4, 0.5) is 0 Å². The van der Waals surface area contributed by atoms with E-state index in [1.807, 2.05) is 36.5 Å². The second kappa shape index (κ2) is 55.1. The van der Waals surface area contributed by atoms with E-state index < -0.39 is 12.1 Å². The smallest absolute Gasteiger partial charge is 0.306 e. The van der Waals surface area contributed by atoms with Gasteiger partial charge >= 0.3 is 17.9 Å². The Labute approximate surface area is 417 Å². The Morgan fingerprint density at radius 2 is 0.676 bits per heavy atom. The molecule has 1 unspecified atom stereocenters. The van der Waals surface area contributed by atoms with Crippen molar-refractivity contribution in [1.82, 2.24) is 0 Å². The van der Waals surface area contributed by atoms with Gasteiger partial charge in [0.1, 0.15) is 13.2 Å². The molecule has 0 bridgehead atoms. The summed E-state index contributed by atoms with van der Waals surface area (Å²) in [5, 5.41) is 0. The molecule has 0 radical (unpaired) electrons. The third kappa shape index (κ3) is 52.5. The minimum atomic E-state index is -0.834. The minimum absolute atomic E-state index is 0.122. The fourth-order valence-corrected chi connectivity index (χ4v) is 6.96. The maximum atomic E-state index is 12.8. The lowest BCUT2D eigenvalue weighted by Gasteiger charge is -2.18. The predicted molar refractivity (Wildman–Crippen MR) is 292 cm³/mol. The third-order valence-electron chi connectivity index (χ3n) is 11.0. The molecule has 0 saturated heterocycles. The van der Waals surface area contributed by atoms with Gasteiger partial charge in [-0.1, -0.05) is 238 Å². The largest absolute Gasteiger partial charge is 0.462 e. The number of unbranched alkanes of at least 4 members (excludes halogenated alkanes) is 18. The van der Waals surface area contributed by atoms with Crippen LogP contribution in [0.5, 0.6) is 0 Å². The highest BCUT2D eigenvalue weighted by Crippen LogP contribution is 2.14. The summed E-state index contributed by atoms with van der Waals surface area (Å²) < 4.78 is 16.7. The van der Waals surface area contributed by atoms with E-state index in [0.29, 0.717) is 19.3 Å². The Morgan fingerprint density at radius 3 is 1.12 bits per heavy atom. The standard InChI is InChI=1S/C62H98O6/c1-4-7-10-13-16-19-22-25-28-30-31-32-35-37-40-43-46-49-52-55-61(64)67-58-59(57-66-60(63)54-51-48-45-42-39-36-33-27-24-21-18-15-12-9-6-3)68-62(65)56-53-50-47-44-41-38-34-29-26-23-20-17-14-11-8-5-2/h8-9,11-12,15-22,24-27,29,33,38,41,47,50,59H,4-7,10,13-14,23,28,30-32,34-37,39-40,42-46,48-49,51-58H2,1-3H3/b11-8-,12-9-,18-15-,19-16-,20-17-,24-21-,25-22-,29-26-,33-27-,41-38-,50-47-. The summed E-state index contributed by atoms with van der Waals surface area (Å²) in [6.07, 6.45) is 77.3. The van der Waals surface area contributed by atoms with Crippen LogP contribution in [0.2, 0.25) is 0 Å². The van der Waals surface area contributed by atoms with Crippen molar-refractivity contribution in [2.75, 3.05) is 13.2 Å². The average Bonchev–Trinajstić information content (AvgIpc) is 3.34. The molecule has 0 aromatic heterocycles. The van der Waals surface area contributed by atoms with E-state index in [4.69, 9.17) is 14.2 Å². The third-order valence-corrected chi connectivity index (χ3v) is 11.0. The minimum Gasteiger partial charge on any atom is -0.462 e. The molecule has 0 heterocycles. The zero-order valence-corrected chi connectivity index (χ0v) is 43.6. The molecule has 0 amide bonds. The highest BCUT2D eigenvalue weighted by molar-refractivity contribution is 5.71. The van der Waals surface area contributed by atoms with Crippen LogP contribution in [0.1, 0.15) is 220 Å². The van der Waals surface area contributed by atoms with E-state index in [1.165, 1.54) is 77.0 Å². The topological polar surface area (TPSA) is 78.9 Å². The number of rotatable bonds is 47. The highest BCUT2D eigenvalue weighted by atomic mass is 16.6. The molecule has 382 valence electrons. The molecule has 0 aromatic carbocycles.